The van der Waals surface area contributed by atoms with Crippen LogP contribution in [0.15, 0.2) is 83.3 Å². The van der Waals surface area contributed by atoms with Crippen LogP contribution in [-0.4, -0.2) is 51.0 Å². The lowest BCUT2D eigenvalue weighted by molar-refractivity contribution is -0.124. The number of amides is 4. The fraction of sp³-hybridized carbons (Fsp3) is 0.400. The van der Waals surface area contributed by atoms with E-state index in [1.54, 1.807) is 22.1 Å². The molecule has 0 saturated heterocycles. The number of hydrogen-bond acceptors (Lipinski definition) is 8. The van der Waals surface area contributed by atoms with E-state index >= 15 is 0 Å². The highest BCUT2D eigenvalue weighted by Gasteiger charge is 2.36. The smallest absolute Gasteiger partial charge is 0.407 e. The maximum absolute atomic E-state index is 13.9. The topological polar surface area (TPSA) is 126 Å². The van der Waals surface area contributed by atoms with Crippen molar-refractivity contribution >= 4 is 40.7 Å². The van der Waals surface area contributed by atoms with E-state index in [-0.39, 0.29) is 42.6 Å². The third-order valence-electron chi connectivity index (χ3n) is 8.09. The summed E-state index contributed by atoms with van der Waals surface area (Å²) in [5.41, 5.74) is 6.34. The van der Waals surface area contributed by atoms with Crippen molar-refractivity contribution in [3.63, 3.8) is 0 Å². The van der Waals surface area contributed by atoms with Gasteiger partial charge in [0, 0.05) is 23.7 Å². The van der Waals surface area contributed by atoms with Gasteiger partial charge in [-0.05, 0) is 49.1 Å². The van der Waals surface area contributed by atoms with Gasteiger partial charge >= 0.3 is 12.1 Å². The van der Waals surface area contributed by atoms with Crippen LogP contribution in [-0.2, 0) is 29.1 Å². The number of alkyl carbamates (subject to hydrolysis) is 1. The molecule has 1 fully saturated rings. The van der Waals surface area contributed by atoms with Crippen molar-refractivity contribution in [1.82, 2.24) is 30.8 Å². The Morgan fingerprint density at radius 3 is 2.34 bits per heavy atom. The molecular weight excluding hydrogens is 633 g/mol. The Morgan fingerprint density at radius 1 is 0.957 bits per heavy atom. The molecule has 0 bridgehead atoms. The quantitative estimate of drug-likeness (QED) is 0.125. The van der Waals surface area contributed by atoms with Crippen molar-refractivity contribution < 1.29 is 19.1 Å². The Labute approximate surface area is 284 Å². The minimum Gasteiger partial charge on any atom is -0.444 e. The third-order valence-corrected chi connectivity index (χ3v) is 9.48. The minimum atomic E-state index is -0.731. The molecule has 2 heterocycles. The van der Waals surface area contributed by atoms with E-state index in [0.717, 1.165) is 34.5 Å². The molecule has 0 radical (unpaired) electrons. The van der Waals surface area contributed by atoms with Crippen LogP contribution in [0.2, 0.25) is 0 Å². The molecule has 0 spiro atoms. The summed E-state index contributed by atoms with van der Waals surface area (Å²) in [5.74, 6) is -0.389. The lowest BCUT2D eigenvalue weighted by atomic mass is 9.95. The molecule has 1 aliphatic rings. The molecule has 1 saturated carbocycles. The van der Waals surface area contributed by atoms with Gasteiger partial charge in [-0.2, -0.15) is 0 Å². The predicted octanol–water partition coefficient (Wildman–Crippen LogP) is 6.47. The fourth-order valence-corrected chi connectivity index (χ4v) is 6.47. The van der Waals surface area contributed by atoms with Crippen molar-refractivity contribution in [3.8, 4) is 0 Å². The van der Waals surface area contributed by atoms with Crippen LogP contribution in [0.4, 0.5) is 9.59 Å². The summed E-state index contributed by atoms with van der Waals surface area (Å²) in [6, 6.07) is 18.4. The number of nitrogens with one attached hydrogen (secondary N) is 3. The molecule has 1 aliphatic carbocycles. The summed E-state index contributed by atoms with van der Waals surface area (Å²) < 4.78 is 5.48. The van der Waals surface area contributed by atoms with E-state index in [9.17, 15) is 14.4 Å². The molecule has 2 aromatic heterocycles. The summed E-state index contributed by atoms with van der Waals surface area (Å²) in [5, 5.41) is 11.3. The number of carbonyl (C=O) groups is 3. The number of carbonyl (C=O) groups excluding carboxylic acids is 3. The van der Waals surface area contributed by atoms with Crippen molar-refractivity contribution in [2.24, 2.45) is 5.92 Å². The molecular formula is C35H42N6O4S2. The number of ether oxygens (including phenoxy) is 1. The normalized spacial score (nSPS) is 14.5. The number of nitrogens with zero attached hydrogens (tertiary/aromatic N) is 3. The molecule has 3 unspecified atom stereocenters. The maximum Gasteiger partial charge on any atom is 0.407 e. The standard InChI is InChI=1S/C35H42N6O4S2/c1-24(2)32(40-34(43)41(29-14-15-29)19-28-21-46-23-37-28)33(42)39-31(26-11-7-4-8-12-26)16-13-27(17-25-9-5-3-6-10-25)38-35(44)45-20-30-18-36-22-47-30/h3-12,18,21-24,27,29,31-32H,13-17,19-20H2,1-2H3,(H,38,44)(H,39,42)(H,40,43). The second-order valence-electron chi connectivity index (χ2n) is 12.1. The van der Waals surface area contributed by atoms with Crippen LogP contribution >= 0.6 is 22.7 Å². The highest BCUT2D eigenvalue weighted by Crippen LogP contribution is 2.29. The molecule has 4 aromatic rings. The summed E-state index contributed by atoms with van der Waals surface area (Å²) in [6.07, 6.45) is 4.81. The average molecular weight is 675 g/mol. The Hall–Kier alpha value is -4.29. The molecule has 248 valence electrons. The predicted molar refractivity (Wildman–Crippen MR) is 184 cm³/mol. The van der Waals surface area contributed by atoms with E-state index in [1.165, 1.54) is 22.7 Å². The fourth-order valence-electron chi connectivity index (χ4n) is 5.41. The van der Waals surface area contributed by atoms with Crippen LogP contribution in [0.3, 0.4) is 0 Å². The summed E-state index contributed by atoms with van der Waals surface area (Å²) in [4.78, 5) is 51.3. The summed E-state index contributed by atoms with van der Waals surface area (Å²) >= 11 is 2.93. The number of aromatic nitrogens is 2. The van der Waals surface area contributed by atoms with Crippen LogP contribution in [0, 0.1) is 5.92 Å². The van der Waals surface area contributed by atoms with Crippen LogP contribution < -0.4 is 16.0 Å². The van der Waals surface area contributed by atoms with Gasteiger partial charge in [-0.1, -0.05) is 74.5 Å². The molecule has 4 amide bonds. The summed E-state index contributed by atoms with van der Waals surface area (Å²) in [6.45, 7) is 4.44. The molecule has 3 N–H and O–H groups in total. The first kappa shape index (κ1) is 34.1. The Bertz CT molecular complexity index is 1530. The van der Waals surface area contributed by atoms with Crippen molar-refractivity contribution in [2.75, 3.05) is 0 Å². The van der Waals surface area contributed by atoms with E-state index in [2.05, 4.69) is 25.9 Å². The molecule has 3 atom stereocenters. The van der Waals surface area contributed by atoms with Gasteiger partial charge < -0.3 is 25.6 Å². The van der Waals surface area contributed by atoms with Gasteiger partial charge in [-0.3, -0.25) is 9.78 Å². The number of thiazole rings is 2. The molecule has 10 nitrogen and oxygen atoms in total. The van der Waals surface area contributed by atoms with E-state index < -0.39 is 12.1 Å². The van der Waals surface area contributed by atoms with E-state index in [1.807, 2.05) is 79.9 Å². The first-order chi connectivity index (χ1) is 22.9. The van der Waals surface area contributed by atoms with Crippen molar-refractivity contribution in [3.05, 3.63) is 105 Å². The van der Waals surface area contributed by atoms with Crippen LogP contribution in [0.5, 0.6) is 0 Å². The molecule has 0 aliphatic heterocycles. The van der Waals surface area contributed by atoms with Gasteiger partial charge in [0.05, 0.1) is 34.2 Å². The number of benzene rings is 2. The Balaban J connectivity index is 1.26. The second kappa shape index (κ2) is 17.0. The SMILES string of the molecule is CC(C)C(NC(=O)N(Cc1cscn1)C1CC1)C(=O)NC(CCC(Cc1ccccc1)NC(=O)OCc1cncs1)c1ccccc1. The average Bonchev–Trinajstić information content (AvgIpc) is 3.51. The monoisotopic (exact) mass is 674 g/mol. The first-order valence-electron chi connectivity index (χ1n) is 16.0. The molecule has 5 rings (SSSR count). The van der Waals surface area contributed by atoms with Gasteiger partial charge in [-0.25, -0.2) is 14.6 Å². The molecule has 2 aromatic carbocycles. The van der Waals surface area contributed by atoms with Gasteiger partial charge in [0.25, 0.3) is 0 Å². The van der Waals surface area contributed by atoms with Gasteiger partial charge in [-0.15, -0.1) is 22.7 Å². The highest BCUT2D eigenvalue weighted by atomic mass is 32.1. The zero-order valence-corrected chi connectivity index (χ0v) is 28.3. The number of urea groups is 1. The lowest BCUT2D eigenvalue weighted by Gasteiger charge is -2.30. The Kier molecular flexibility index (Phi) is 12.3. The molecule has 47 heavy (non-hydrogen) atoms. The van der Waals surface area contributed by atoms with E-state index in [4.69, 9.17) is 4.74 Å². The number of hydrogen-bond donors (Lipinski definition) is 3. The number of rotatable bonds is 16. The zero-order chi connectivity index (χ0) is 33.0. The molecule has 12 heteroatoms. The largest absolute Gasteiger partial charge is 0.444 e. The Morgan fingerprint density at radius 2 is 1.70 bits per heavy atom. The minimum absolute atomic E-state index is 0.142. The van der Waals surface area contributed by atoms with Gasteiger partial charge in [0.2, 0.25) is 5.91 Å². The second-order valence-corrected chi connectivity index (χ2v) is 13.8. The maximum atomic E-state index is 13.9. The van der Waals surface area contributed by atoms with Gasteiger partial charge in [0.15, 0.2) is 0 Å². The van der Waals surface area contributed by atoms with Gasteiger partial charge in [0.1, 0.15) is 12.6 Å². The zero-order valence-electron chi connectivity index (χ0n) is 26.7. The highest BCUT2D eigenvalue weighted by molar-refractivity contribution is 7.09. The van der Waals surface area contributed by atoms with Crippen LogP contribution in [0.25, 0.3) is 0 Å². The summed E-state index contributed by atoms with van der Waals surface area (Å²) in [7, 11) is 0. The lowest BCUT2D eigenvalue weighted by Crippen LogP contribution is -2.54. The van der Waals surface area contributed by atoms with Crippen LogP contribution in [0.1, 0.15) is 67.3 Å². The van der Waals surface area contributed by atoms with E-state index in [0.29, 0.717) is 25.8 Å². The first-order valence-corrected chi connectivity index (χ1v) is 17.8. The third kappa shape index (κ3) is 10.6. The van der Waals surface area contributed by atoms with Crippen molar-refractivity contribution in [2.45, 2.75) is 83.3 Å². The van der Waals surface area contributed by atoms with Crippen molar-refractivity contribution in [1.29, 1.82) is 0 Å².